The van der Waals surface area contributed by atoms with Gasteiger partial charge < -0.3 is 4.74 Å². The molecule has 0 saturated heterocycles. The monoisotopic (exact) mass is 312 g/mol. The zero-order chi connectivity index (χ0) is 13.0. The smallest absolute Gasteiger partial charge is 0.137 e. The van der Waals surface area contributed by atoms with Crippen LogP contribution in [-0.4, -0.2) is 0 Å². The fourth-order valence-corrected chi connectivity index (χ4v) is 1.93. The minimum Gasteiger partial charge on any atom is -0.372 e. The van der Waals surface area contributed by atoms with Gasteiger partial charge >= 0.3 is 0 Å². The summed E-state index contributed by atoms with van der Waals surface area (Å²) in [5, 5.41) is 0. The Hall–Kier alpha value is -1.26. The fraction of sp³-hybridized carbons (Fsp3) is 0.143. The summed E-state index contributed by atoms with van der Waals surface area (Å²) in [4.78, 5) is 0. The molecule has 2 rings (SSSR count). The van der Waals surface area contributed by atoms with Crippen LogP contribution >= 0.6 is 15.9 Å². The first kappa shape index (κ1) is 13.2. The maximum Gasteiger partial charge on any atom is 0.137 e. The maximum absolute atomic E-state index is 13.3. The number of benzene rings is 2. The Kier molecular flexibility index (Phi) is 4.44. The van der Waals surface area contributed by atoms with E-state index in [0.717, 1.165) is 0 Å². The Labute approximate surface area is 113 Å². The van der Waals surface area contributed by atoms with E-state index in [1.807, 2.05) is 0 Å². The van der Waals surface area contributed by atoms with Gasteiger partial charge in [0.05, 0.1) is 17.7 Å². The second-order valence-electron chi connectivity index (χ2n) is 3.80. The predicted octanol–water partition coefficient (Wildman–Crippen LogP) is 4.44. The van der Waals surface area contributed by atoms with Gasteiger partial charge in [0.15, 0.2) is 0 Å². The normalized spacial score (nSPS) is 10.6. The molecule has 0 unspecified atom stereocenters. The van der Waals surface area contributed by atoms with Crippen LogP contribution in [0.4, 0.5) is 8.78 Å². The van der Waals surface area contributed by atoms with Crippen LogP contribution in [0.15, 0.2) is 46.9 Å². The molecule has 94 valence electrons. The lowest BCUT2D eigenvalue weighted by atomic mass is 10.2. The van der Waals surface area contributed by atoms with Gasteiger partial charge in [-0.2, -0.15) is 0 Å². The van der Waals surface area contributed by atoms with Gasteiger partial charge in [-0.05, 0) is 33.6 Å². The first-order valence-electron chi connectivity index (χ1n) is 5.42. The first-order chi connectivity index (χ1) is 8.68. The zero-order valence-electron chi connectivity index (χ0n) is 9.50. The third-order valence-electron chi connectivity index (χ3n) is 2.50. The van der Waals surface area contributed by atoms with Crippen LogP contribution in [0.3, 0.4) is 0 Å². The van der Waals surface area contributed by atoms with Crippen LogP contribution in [0.2, 0.25) is 0 Å². The van der Waals surface area contributed by atoms with Gasteiger partial charge in [-0.25, -0.2) is 8.78 Å². The van der Waals surface area contributed by atoms with E-state index in [4.69, 9.17) is 4.74 Å². The quantitative estimate of drug-likeness (QED) is 0.810. The third kappa shape index (κ3) is 3.15. The highest BCUT2D eigenvalue weighted by molar-refractivity contribution is 9.10. The van der Waals surface area contributed by atoms with Crippen LogP contribution in [0.5, 0.6) is 0 Å². The van der Waals surface area contributed by atoms with Gasteiger partial charge in [-0.1, -0.05) is 30.3 Å². The second kappa shape index (κ2) is 6.07. The average molecular weight is 313 g/mol. The van der Waals surface area contributed by atoms with Crippen molar-refractivity contribution >= 4 is 15.9 Å². The van der Waals surface area contributed by atoms with Crippen LogP contribution in [0.25, 0.3) is 0 Å². The summed E-state index contributed by atoms with van der Waals surface area (Å²) in [7, 11) is 0. The van der Waals surface area contributed by atoms with Crippen LogP contribution in [-0.2, 0) is 18.0 Å². The zero-order valence-corrected chi connectivity index (χ0v) is 11.1. The molecule has 0 aliphatic heterocycles. The summed E-state index contributed by atoms with van der Waals surface area (Å²) in [6.45, 7) is 0.391. The molecule has 18 heavy (non-hydrogen) atoms. The van der Waals surface area contributed by atoms with Gasteiger partial charge in [0, 0.05) is 5.56 Å². The molecule has 0 radical (unpaired) electrons. The van der Waals surface area contributed by atoms with Crippen molar-refractivity contribution in [1.29, 1.82) is 0 Å². The molecule has 4 heteroatoms. The number of hydrogen-bond acceptors (Lipinski definition) is 1. The largest absolute Gasteiger partial charge is 0.372 e. The Balaban J connectivity index is 1.97. The maximum atomic E-state index is 13.3. The molecule has 2 aromatic carbocycles. The summed E-state index contributed by atoms with van der Waals surface area (Å²) in [6, 6.07) is 11.2. The number of ether oxygens (including phenoxy) is 1. The van der Waals surface area contributed by atoms with Crippen LogP contribution in [0, 0.1) is 11.6 Å². The standard InChI is InChI=1S/C14H11BrF2O/c15-14-11(5-3-7-13(14)17)9-18-8-10-4-1-2-6-12(10)16/h1-7H,8-9H2. The van der Waals surface area contributed by atoms with E-state index in [9.17, 15) is 8.78 Å². The summed E-state index contributed by atoms with van der Waals surface area (Å²) < 4.78 is 32.3. The van der Waals surface area contributed by atoms with E-state index in [2.05, 4.69) is 15.9 Å². The lowest BCUT2D eigenvalue weighted by Crippen LogP contribution is -1.98. The van der Waals surface area contributed by atoms with Crippen molar-refractivity contribution < 1.29 is 13.5 Å². The van der Waals surface area contributed by atoms with E-state index in [1.165, 1.54) is 12.1 Å². The van der Waals surface area contributed by atoms with E-state index in [-0.39, 0.29) is 24.8 Å². The molecule has 0 aromatic heterocycles. The summed E-state index contributed by atoms with van der Waals surface area (Å²) in [5.41, 5.74) is 1.19. The minimum atomic E-state index is -0.331. The highest BCUT2D eigenvalue weighted by Crippen LogP contribution is 2.21. The molecule has 0 N–H and O–H groups in total. The molecular weight excluding hydrogens is 302 g/mol. The molecule has 0 heterocycles. The number of hydrogen-bond donors (Lipinski definition) is 0. The molecule has 0 bridgehead atoms. The Bertz CT molecular complexity index is 543. The van der Waals surface area contributed by atoms with E-state index >= 15 is 0 Å². The average Bonchev–Trinajstić information content (AvgIpc) is 2.37. The van der Waals surface area contributed by atoms with Crippen molar-refractivity contribution in [2.24, 2.45) is 0 Å². The first-order valence-corrected chi connectivity index (χ1v) is 6.22. The lowest BCUT2D eigenvalue weighted by molar-refractivity contribution is 0.104. The van der Waals surface area contributed by atoms with E-state index in [0.29, 0.717) is 15.6 Å². The second-order valence-corrected chi connectivity index (χ2v) is 4.59. The van der Waals surface area contributed by atoms with E-state index < -0.39 is 0 Å². The molecule has 0 aliphatic carbocycles. The van der Waals surface area contributed by atoms with Crippen molar-refractivity contribution in [2.75, 3.05) is 0 Å². The van der Waals surface area contributed by atoms with Crippen molar-refractivity contribution in [3.8, 4) is 0 Å². The predicted molar refractivity (Wildman–Crippen MR) is 69.0 cm³/mol. The summed E-state index contributed by atoms with van der Waals surface area (Å²) in [6.07, 6.45) is 0. The van der Waals surface area contributed by atoms with Gasteiger partial charge in [0.1, 0.15) is 11.6 Å². The molecule has 0 atom stereocenters. The van der Waals surface area contributed by atoms with Gasteiger partial charge in [0.25, 0.3) is 0 Å². The van der Waals surface area contributed by atoms with Gasteiger partial charge in [-0.15, -0.1) is 0 Å². The molecule has 2 aromatic rings. The molecule has 0 aliphatic rings. The van der Waals surface area contributed by atoms with Crippen LogP contribution in [0.1, 0.15) is 11.1 Å². The van der Waals surface area contributed by atoms with Crippen molar-refractivity contribution in [1.82, 2.24) is 0 Å². The summed E-state index contributed by atoms with van der Waals surface area (Å²) in [5.74, 6) is -0.627. The molecule has 0 saturated carbocycles. The summed E-state index contributed by atoms with van der Waals surface area (Å²) >= 11 is 3.15. The molecule has 0 amide bonds. The number of rotatable bonds is 4. The Morgan fingerprint density at radius 2 is 1.44 bits per heavy atom. The van der Waals surface area contributed by atoms with Crippen molar-refractivity contribution in [3.63, 3.8) is 0 Å². The van der Waals surface area contributed by atoms with Crippen molar-refractivity contribution in [3.05, 3.63) is 69.7 Å². The Morgan fingerprint density at radius 1 is 0.833 bits per heavy atom. The number of halogens is 3. The highest BCUT2D eigenvalue weighted by atomic mass is 79.9. The van der Waals surface area contributed by atoms with Gasteiger partial charge in [0.2, 0.25) is 0 Å². The minimum absolute atomic E-state index is 0.162. The van der Waals surface area contributed by atoms with Gasteiger partial charge in [-0.3, -0.25) is 0 Å². The van der Waals surface area contributed by atoms with Crippen LogP contribution < -0.4 is 0 Å². The molecule has 0 fully saturated rings. The third-order valence-corrected chi connectivity index (χ3v) is 3.39. The van der Waals surface area contributed by atoms with Crippen molar-refractivity contribution in [2.45, 2.75) is 13.2 Å². The van der Waals surface area contributed by atoms with E-state index in [1.54, 1.807) is 30.3 Å². The lowest BCUT2D eigenvalue weighted by Gasteiger charge is -2.07. The Morgan fingerprint density at radius 3 is 2.22 bits per heavy atom. The molecule has 1 nitrogen and oxygen atoms in total. The topological polar surface area (TPSA) is 9.23 Å². The molecule has 0 spiro atoms. The fourth-order valence-electron chi connectivity index (χ4n) is 1.55. The SMILES string of the molecule is Fc1ccccc1COCc1cccc(F)c1Br. The highest BCUT2D eigenvalue weighted by Gasteiger charge is 2.06. The molecular formula is C14H11BrF2O.